The fourth-order valence-electron chi connectivity index (χ4n) is 2.65. The SMILES string of the molecule is C[C@@]12CCCCC1=C[C@H](O)CC2. The lowest BCUT2D eigenvalue weighted by Gasteiger charge is -2.40. The molecule has 1 nitrogen and oxygen atoms in total. The highest BCUT2D eigenvalue weighted by atomic mass is 16.3. The number of hydrogen-bond donors (Lipinski definition) is 1. The van der Waals surface area contributed by atoms with E-state index in [-0.39, 0.29) is 6.10 Å². The summed E-state index contributed by atoms with van der Waals surface area (Å²) in [5, 5.41) is 9.49. The number of aliphatic hydroxyl groups is 1. The van der Waals surface area contributed by atoms with Gasteiger partial charge in [0.1, 0.15) is 0 Å². The summed E-state index contributed by atoms with van der Waals surface area (Å²) in [7, 11) is 0. The molecule has 0 aromatic carbocycles. The Morgan fingerprint density at radius 2 is 2.25 bits per heavy atom. The average Bonchev–Trinajstić information content (AvgIpc) is 2.06. The Bertz CT molecular complexity index is 207. The third-order valence-corrected chi connectivity index (χ3v) is 3.59. The van der Waals surface area contributed by atoms with Crippen molar-refractivity contribution >= 4 is 0 Å². The Morgan fingerprint density at radius 1 is 1.42 bits per heavy atom. The lowest BCUT2D eigenvalue weighted by Crippen LogP contribution is -2.29. The summed E-state index contributed by atoms with van der Waals surface area (Å²) in [6.45, 7) is 2.36. The normalized spacial score (nSPS) is 41.8. The van der Waals surface area contributed by atoms with Gasteiger partial charge in [-0.15, -0.1) is 0 Å². The molecule has 0 aromatic rings. The molecule has 2 aliphatic rings. The van der Waals surface area contributed by atoms with Crippen molar-refractivity contribution in [3.8, 4) is 0 Å². The maximum atomic E-state index is 9.49. The number of hydrogen-bond acceptors (Lipinski definition) is 1. The van der Waals surface area contributed by atoms with Gasteiger partial charge in [0.25, 0.3) is 0 Å². The maximum Gasteiger partial charge on any atom is 0.0724 e. The Kier molecular flexibility index (Phi) is 1.99. The smallest absolute Gasteiger partial charge is 0.0724 e. The van der Waals surface area contributed by atoms with Crippen LogP contribution in [0.25, 0.3) is 0 Å². The van der Waals surface area contributed by atoms with Gasteiger partial charge in [0, 0.05) is 0 Å². The van der Waals surface area contributed by atoms with Crippen molar-refractivity contribution in [1.82, 2.24) is 0 Å². The van der Waals surface area contributed by atoms with Crippen LogP contribution in [-0.4, -0.2) is 11.2 Å². The van der Waals surface area contributed by atoms with Crippen molar-refractivity contribution in [2.45, 2.75) is 51.6 Å². The molecule has 0 heterocycles. The standard InChI is InChI=1S/C11H18O/c1-11-6-3-2-4-9(11)8-10(12)5-7-11/h8,10,12H,2-7H2,1H3/t10-,11+/m1/s1. The first-order valence-corrected chi connectivity index (χ1v) is 5.10. The van der Waals surface area contributed by atoms with Gasteiger partial charge in [0.15, 0.2) is 0 Å². The van der Waals surface area contributed by atoms with E-state index in [4.69, 9.17) is 0 Å². The summed E-state index contributed by atoms with van der Waals surface area (Å²) in [4.78, 5) is 0. The van der Waals surface area contributed by atoms with Crippen molar-refractivity contribution < 1.29 is 5.11 Å². The maximum absolute atomic E-state index is 9.49. The molecule has 0 aromatic heterocycles. The van der Waals surface area contributed by atoms with Crippen LogP contribution in [0, 0.1) is 5.41 Å². The number of aliphatic hydroxyl groups excluding tert-OH is 1. The molecule has 0 radical (unpaired) electrons. The highest BCUT2D eigenvalue weighted by Crippen LogP contribution is 2.46. The second-order valence-electron chi connectivity index (χ2n) is 4.57. The van der Waals surface area contributed by atoms with Gasteiger partial charge in [-0.25, -0.2) is 0 Å². The van der Waals surface area contributed by atoms with E-state index in [9.17, 15) is 5.11 Å². The van der Waals surface area contributed by atoms with Crippen LogP contribution in [0.5, 0.6) is 0 Å². The van der Waals surface area contributed by atoms with Crippen LogP contribution in [-0.2, 0) is 0 Å². The molecule has 0 amide bonds. The molecule has 2 rings (SSSR count). The lowest BCUT2D eigenvalue weighted by molar-refractivity contribution is 0.152. The molecule has 0 aliphatic heterocycles. The van der Waals surface area contributed by atoms with Crippen LogP contribution < -0.4 is 0 Å². The molecule has 2 atom stereocenters. The summed E-state index contributed by atoms with van der Waals surface area (Å²) in [6, 6.07) is 0. The molecule has 1 fully saturated rings. The highest BCUT2D eigenvalue weighted by Gasteiger charge is 2.34. The monoisotopic (exact) mass is 166 g/mol. The zero-order valence-corrected chi connectivity index (χ0v) is 7.84. The van der Waals surface area contributed by atoms with Crippen LogP contribution in [0.4, 0.5) is 0 Å². The van der Waals surface area contributed by atoms with E-state index in [1.165, 1.54) is 37.7 Å². The first kappa shape index (κ1) is 8.31. The van der Waals surface area contributed by atoms with Gasteiger partial charge in [0.2, 0.25) is 0 Å². The van der Waals surface area contributed by atoms with E-state index in [0.717, 1.165) is 6.42 Å². The predicted octanol–water partition coefficient (Wildman–Crippen LogP) is 2.65. The van der Waals surface area contributed by atoms with Gasteiger partial charge < -0.3 is 5.11 Å². The summed E-state index contributed by atoms with van der Waals surface area (Å²) in [5.41, 5.74) is 1.99. The molecule has 1 N–H and O–H groups in total. The molecule has 2 aliphatic carbocycles. The van der Waals surface area contributed by atoms with Crippen LogP contribution >= 0.6 is 0 Å². The second-order valence-corrected chi connectivity index (χ2v) is 4.57. The molecule has 0 spiro atoms. The Hall–Kier alpha value is -0.300. The third-order valence-electron chi connectivity index (χ3n) is 3.59. The van der Waals surface area contributed by atoms with Crippen molar-refractivity contribution in [1.29, 1.82) is 0 Å². The zero-order chi connectivity index (χ0) is 8.60. The van der Waals surface area contributed by atoms with E-state index >= 15 is 0 Å². The Balaban J connectivity index is 2.23. The first-order valence-electron chi connectivity index (χ1n) is 5.10. The van der Waals surface area contributed by atoms with Crippen molar-refractivity contribution in [3.05, 3.63) is 11.6 Å². The van der Waals surface area contributed by atoms with Crippen LogP contribution in [0.3, 0.4) is 0 Å². The Morgan fingerprint density at radius 3 is 3.08 bits per heavy atom. The lowest BCUT2D eigenvalue weighted by atomic mass is 9.66. The molecule has 68 valence electrons. The second kappa shape index (κ2) is 2.88. The fraction of sp³-hybridized carbons (Fsp3) is 0.818. The number of rotatable bonds is 0. The highest BCUT2D eigenvalue weighted by molar-refractivity contribution is 5.20. The quantitative estimate of drug-likeness (QED) is 0.548. The van der Waals surface area contributed by atoms with Crippen molar-refractivity contribution in [2.24, 2.45) is 5.41 Å². The zero-order valence-electron chi connectivity index (χ0n) is 7.84. The first-order chi connectivity index (χ1) is 5.71. The van der Waals surface area contributed by atoms with Gasteiger partial charge in [-0.3, -0.25) is 0 Å². The van der Waals surface area contributed by atoms with E-state index < -0.39 is 0 Å². The molecule has 12 heavy (non-hydrogen) atoms. The fourth-order valence-corrected chi connectivity index (χ4v) is 2.65. The molecular weight excluding hydrogens is 148 g/mol. The minimum Gasteiger partial charge on any atom is -0.389 e. The topological polar surface area (TPSA) is 20.2 Å². The van der Waals surface area contributed by atoms with Gasteiger partial charge in [-0.05, 0) is 37.5 Å². The molecule has 1 heteroatoms. The molecule has 0 bridgehead atoms. The van der Waals surface area contributed by atoms with E-state index in [1.807, 2.05) is 0 Å². The number of allylic oxidation sites excluding steroid dienone is 1. The summed E-state index contributed by atoms with van der Waals surface area (Å²) in [6.07, 6.45) is 9.41. The van der Waals surface area contributed by atoms with Gasteiger partial charge in [-0.2, -0.15) is 0 Å². The average molecular weight is 166 g/mol. The van der Waals surface area contributed by atoms with Crippen molar-refractivity contribution in [2.75, 3.05) is 0 Å². The largest absolute Gasteiger partial charge is 0.389 e. The van der Waals surface area contributed by atoms with E-state index in [1.54, 1.807) is 0 Å². The van der Waals surface area contributed by atoms with Gasteiger partial charge in [-0.1, -0.05) is 25.0 Å². The minimum atomic E-state index is -0.147. The summed E-state index contributed by atoms with van der Waals surface area (Å²) >= 11 is 0. The van der Waals surface area contributed by atoms with Crippen molar-refractivity contribution in [3.63, 3.8) is 0 Å². The van der Waals surface area contributed by atoms with Crippen LogP contribution in [0.15, 0.2) is 11.6 Å². The molecular formula is C11H18O. The molecule has 0 saturated heterocycles. The number of fused-ring (bicyclic) bond motifs is 1. The minimum absolute atomic E-state index is 0.147. The van der Waals surface area contributed by atoms with Crippen LogP contribution in [0.2, 0.25) is 0 Å². The summed E-state index contributed by atoms with van der Waals surface area (Å²) in [5.74, 6) is 0. The van der Waals surface area contributed by atoms with E-state index in [0.29, 0.717) is 5.41 Å². The summed E-state index contributed by atoms with van der Waals surface area (Å²) < 4.78 is 0. The van der Waals surface area contributed by atoms with E-state index in [2.05, 4.69) is 13.0 Å². The van der Waals surface area contributed by atoms with Gasteiger partial charge >= 0.3 is 0 Å². The Labute approximate surface area is 74.5 Å². The molecule has 0 unspecified atom stereocenters. The third kappa shape index (κ3) is 1.31. The predicted molar refractivity (Wildman–Crippen MR) is 49.9 cm³/mol. The van der Waals surface area contributed by atoms with Crippen LogP contribution in [0.1, 0.15) is 45.4 Å². The van der Waals surface area contributed by atoms with Gasteiger partial charge in [0.05, 0.1) is 6.10 Å². The molecule has 1 saturated carbocycles.